The molecule has 3 rings (SSSR count). The van der Waals surface area contributed by atoms with E-state index in [1.54, 1.807) is 13.2 Å². The molecule has 0 atom stereocenters. The standard InChI is InChI=1S/C19H21NO4S/c1-23-17-12-14(3-5-19(21)22)2-4-16(17)24-10-9-20-8-6-18-15(13-20)7-11-25-18/h2-5,7,11-12H,6,8-10,13H2,1H3,(H,21,22)/b5-3+. The summed E-state index contributed by atoms with van der Waals surface area (Å²) in [5, 5.41) is 10.9. The number of aliphatic carboxylic acids is 1. The molecule has 0 unspecified atom stereocenters. The van der Waals surface area contributed by atoms with Gasteiger partial charge in [-0.3, -0.25) is 4.90 Å². The van der Waals surface area contributed by atoms with Crippen molar-refractivity contribution in [1.82, 2.24) is 4.90 Å². The Hall–Kier alpha value is -2.31. The Morgan fingerprint density at radius 1 is 1.36 bits per heavy atom. The highest BCUT2D eigenvalue weighted by Gasteiger charge is 2.17. The number of hydrogen-bond acceptors (Lipinski definition) is 5. The molecule has 0 bridgehead atoms. The minimum absolute atomic E-state index is 0.583. The maximum Gasteiger partial charge on any atom is 0.328 e. The van der Waals surface area contributed by atoms with Gasteiger partial charge in [-0.15, -0.1) is 11.3 Å². The molecule has 0 saturated carbocycles. The van der Waals surface area contributed by atoms with Gasteiger partial charge >= 0.3 is 5.97 Å². The third-order valence-corrected chi connectivity index (χ3v) is 5.18. The molecular weight excluding hydrogens is 338 g/mol. The minimum Gasteiger partial charge on any atom is -0.493 e. The zero-order valence-electron chi connectivity index (χ0n) is 14.1. The predicted octanol–water partition coefficient (Wildman–Crippen LogP) is 3.29. The molecule has 0 radical (unpaired) electrons. The summed E-state index contributed by atoms with van der Waals surface area (Å²) in [5.41, 5.74) is 2.19. The molecule has 2 aromatic rings. The van der Waals surface area contributed by atoms with Crippen LogP contribution in [0, 0.1) is 0 Å². The summed E-state index contributed by atoms with van der Waals surface area (Å²) in [6.07, 6.45) is 3.74. The maximum absolute atomic E-state index is 10.6. The quantitative estimate of drug-likeness (QED) is 0.769. The van der Waals surface area contributed by atoms with Gasteiger partial charge in [0.05, 0.1) is 7.11 Å². The number of nitrogens with zero attached hydrogens (tertiary/aromatic N) is 1. The van der Waals surface area contributed by atoms with Crippen LogP contribution in [0.5, 0.6) is 11.5 Å². The molecule has 132 valence electrons. The van der Waals surface area contributed by atoms with Gasteiger partial charge in [-0.2, -0.15) is 0 Å². The van der Waals surface area contributed by atoms with E-state index in [4.69, 9.17) is 14.6 Å². The first-order valence-electron chi connectivity index (χ1n) is 8.15. The van der Waals surface area contributed by atoms with Crippen molar-refractivity contribution >= 4 is 23.4 Å². The van der Waals surface area contributed by atoms with E-state index in [9.17, 15) is 4.79 Å². The average Bonchev–Trinajstić information content (AvgIpc) is 3.08. The van der Waals surface area contributed by atoms with Gasteiger partial charge in [0.1, 0.15) is 6.61 Å². The SMILES string of the molecule is COc1cc(/C=C/C(=O)O)ccc1OCCN1CCc2sccc2C1. The fourth-order valence-electron chi connectivity index (χ4n) is 2.86. The third-order valence-electron chi connectivity index (χ3n) is 4.16. The highest BCUT2D eigenvalue weighted by atomic mass is 32.1. The number of carboxylic acids is 1. The number of ether oxygens (including phenoxy) is 2. The van der Waals surface area contributed by atoms with Crippen LogP contribution in [0.3, 0.4) is 0 Å². The van der Waals surface area contributed by atoms with Gasteiger partial charge in [-0.25, -0.2) is 4.79 Å². The van der Waals surface area contributed by atoms with Gasteiger partial charge in [0.2, 0.25) is 0 Å². The second-order valence-corrected chi connectivity index (χ2v) is 6.83. The molecule has 1 aromatic carbocycles. The molecule has 1 aliphatic rings. The summed E-state index contributed by atoms with van der Waals surface area (Å²) in [4.78, 5) is 14.5. The summed E-state index contributed by atoms with van der Waals surface area (Å²) in [6, 6.07) is 7.61. The molecular formula is C19H21NO4S. The normalized spacial score (nSPS) is 14.4. The molecule has 5 nitrogen and oxygen atoms in total. The molecule has 0 aliphatic carbocycles. The molecule has 0 spiro atoms. The van der Waals surface area contributed by atoms with Crippen LogP contribution in [0.2, 0.25) is 0 Å². The van der Waals surface area contributed by atoms with Crippen molar-refractivity contribution in [2.24, 2.45) is 0 Å². The lowest BCUT2D eigenvalue weighted by molar-refractivity contribution is -0.131. The number of methoxy groups -OCH3 is 1. The van der Waals surface area contributed by atoms with Gasteiger partial charge in [0.15, 0.2) is 11.5 Å². The van der Waals surface area contributed by atoms with Crippen LogP contribution in [0.4, 0.5) is 0 Å². The first-order valence-corrected chi connectivity index (χ1v) is 9.03. The van der Waals surface area contributed by atoms with Crippen molar-refractivity contribution in [2.45, 2.75) is 13.0 Å². The average molecular weight is 359 g/mol. The Morgan fingerprint density at radius 2 is 2.24 bits per heavy atom. The minimum atomic E-state index is -0.977. The van der Waals surface area contributed by atoms with E-state index in [0.717, 1.165) is 37.7 Å². The van der Waals surface area contributed by atoms with Crippen LogP contribution >= 0.6 is 11.3 Å². The smallest absolute Gasteiger partial charge is 0.328 e. The van der Waals surface area contributed by atoms with E-state index >= 15 is 0 Å². The van der Waals surface area contributed by atoms with Crippen molar-refractivity contribution in [2.75, 3.05) is 26.8 Å². The van der Waals surface area contributed by atoms with Crippen molar-refractivity contribution in [3.63, 3.8) is 0 Å². The van der Waals surface area contributed by atoms with E-state index in [1.165, 1.54) is 16.5 Å². The molecule has 6 heteroatoms. The molecule has 0 amide bonds. The lowest BCUT2D eigenvalue weighted by atomic mass is 10.1. The van der Waals surface area contributed by atoms with E-state index in [-0.39, 0.29) is 0 Å². The highest BCUT2D eigenvalue weighted by Crippen LogP contribution is 2.29. The summed E-state index contributed by atoms with van der Waals surface area (Å²) < 4.78 is 11.2. The van der Waals surface area contributed by atoms with Crippen molar-refractivity contribution < 1.29 is 19.4 Å². The monoisotopic (exact) mass is 359 g/mol. The first-order chi connectivity index (χ1) is 12.2. The highest BCUT2D eigenvalue weighted by molar-refractivity contribution is 7.10. The Bertz CT molecular complexity index is 769. The molecule has 0 fully saturated rings. The van der Waals surface area contributed by atoms with Gasteiger partial charge in [-0.05, 0) is 47.2 Å². The summed E-state index contributed by atoms with van der Waals surface area (Å²) in [7, 11) is 1.58. The topological polar surface area (TPSA) is 59.0 Å². The number of carbonyl (C=O) groups is 1. The number of hydrogen-bond donors (Lipinski definition) is 1. The number of carboxylic acid groups (broad SMARTS) is 1. The Morgan fingerprint density at radius 3 is 3.04 bits per heavy atom. The first kappa shape index (κ1) is 17.5. The fraction of sp³-hybridized carbons (Fsp3) is 0.316. The fourth-order valence-corrected chi connectivity index (χ4v) is 3.75. The molecule has 25 heavy (non-hydrogen) atoms. The molecule has 0 saturated heterocycles. The van der Waals surface area contributed by atoms with Crippen molar-refractivity contribution in [3.05, 3.63) is 51.7 Å². The van der Waals surface area contributed by atoms with Crippen LogP contribution in [-0.4, -0.2) is 42.8 Å². The summed E-state index contributed by atoms with van der Waals surface area (Å²) in [5.74, 6) is 0.295. The third kappa shape index (κ3) is 4.61. The number of thiophene rings is 1. The molecule has 1 aromatic heterocycles. The van der Waals surface area contributed by atoms with Gasteiger partial charge in [0.25, 0.3) is 0 Å². The Kier molecular flexibility index (Phi) is 5.73. The van der Waals surface area contributed by atoms with Crippen LogP contribution in [-0.2, 0) is 17.8 Å². The van der Waals surface area contributed by atoms with Gasteiger partial charge in [0, 0.05) is 30.6 Å². The van der Waals surface area contributed by atoms with E-state index in [1.807, 2.05) is 23.5 Å². The van der Waals surface area contributed by atoms with Crippen LogP contribution in [0.25, 0.3) is 6.08 Å². The lowest BCUT2D eigenvalue weighted by Gasteiger charge is -2.26. The number of benzene rings is 1. The van der Waals surface area contributed by atoms with E-state index < -0.39 is 5.97 Å². The van der Waals surface area contributed by atoms with Gasteiger partial charge < -0.3 is 14.6 Å². The van der Waals surface area contributed by atoms with Crippen LogP contribution in [0.1, 0.15) is 16.0 Å². The number of rotatable bonds is 7. The van der Waals surface area contributed by atoms with E-state index in [0.29, 0.717) is 18.1 Å². The zero-order chi connectivity index (χ0) is 17.6. The predicted molar refractivity (Wildman–Crippen MR) is 98.5 cm³/mol. The molecule has 2 heterocycles. The van der Waals surface area contributed by atoms with Crippen molar-refractivity contribution in [1.29, 1.82) is 0 Å². The summed E-state index contributed by atoms with van der Waals surface area (Å²) >= 11 is 1.84. The number of fused-ring (bicyclic) bond motifs is 1. The second-order valence-electron chi connectivity index (χ2n) is 5.83. The molecule has 1 N–H and O–H groups in total. The maximum atomic E-state index is 10.6. The van der Waals surface area contributed by atoms with Crippen molar-refractivity contribution in [3.8, 4) is 11.5 Å². The Balaban J connectivity index is 1.55. The van der Waals surface area contributed by atoms with Crippen LogP contribution in [0.15, 0.2) is 35.7 Å². The second kappa shape index (κ2) is 8.18. The Labute approximate surface area is 151 Å². The van der Waals surface area contributed by atoms with Gasteiger partial charge in [-0.1, -0.05) is 6.07 Å². The van der Waals surface area contributed by atoms with Crippen LogP contribution < -0.4 is 9.47 Å². The molecule has 1 aliphatic heterocycles. The zero-order valence-corrected chi connectivity index (χ0v) is 14.9. The largest absolute Gasteiger partial charge is 0.493 e. The van der Waals surface area contributed by atoms with E-state index in [2.05, 4.69) is 16.3 Å². The summed E-state index contributed by atoms with van der Waals surface area (Å²) in [6.45, 7) is 3.49. The lowest BCUT2D eigenvalue weighted by Crippen LogP contribution is -2.33.